The third kappa shape index (κ3) is 3.24. The third-order valence-electron chi connectivity index (χ3n) is 3.27. The minimum Gasteiger partial charge on any atom is -0.480 e. The molecule has 1 rings (SSSR count). The number of Topliss-reactive ketones (excluding diaryl/α,β-unsaturated/α-hetero) is 1. The Bertz CT molecular complexity index is 398. The number of piperidine rings is 1. The molecular weight excluding hydrogens is 250 g/mol. The predicted octanol–water partition coefficient (Wildman–Crippen LogP) is 1.68. The summed E-state index contributed by atoms with van der Waals surface area (Å²) in [4.78, 5) is 36.5. The van der Waals surface area contributed by atoms with E-state index in [1.54, 1.807) is 27.7 Å². The highest BCUT2D eigenvalue weighted by molar-refractivity contribution is 6.04. The van der Waals surface area contributed by atoms with E-state index in [0.717, 1.165) is 0 Å². The fourth-order valence-corrected chi connectivity index (χ4v) is 2.10. The van der Waals surface area contributed by atoms with Crippen LogP contribution in [0.4, 0.5) is 4.79 Å². The van der Waals surface area contributed by atoms with Crippen molar-refractivity contribution < 1.29 is 24.2 Å². The van der Waals surface area contributed by atoms with Gasteiger partial charge < -0.3 is 14.7 Å². The van der Waals surface area contributed by atoms with Gasteiger partial charge in [-0.25, -0.2) is 4.79 Å². The first kappa shape index (κ1) is 15.5. The zero-order valence-corrected chi connectivity index (χ0v) is 11.9. The van der Waals surface area contributed by atoms with Gasteiger partial charge >= 0.3 is 12.1 Å². The Balaban J connectivity index is 2.88. The summed E-state index contributed by atoms with van der Waals surface area (Å²) in [6.07, 6.45) is -0.348. The molecule has 6 heteroatoms. The molecule has 0 aromatic heterocycles. The number of ether oxygens (including phenoxy) is 1. The van der Waals surface area contributed by atoms with Gasteiger partial charge in [-0.05, 0) is 27.2 Å². The van der Waals surface area contributed by atoms with Gasteiger partial charge in [0.1, 0.15) is 11.0 Å². The van der Waals surface area contributed by atoms with Crippen LogP contribution in [-0.2, 0) is 14.3 Å². The molecular formula is C13H21NO5. The molecule has 1 aliphatic heterocycles. The summed E-state index contributed by atoms with van der Waals surface area (Å²) < 4.78 is 5.21. The van der Waals surface area contributed by atoms with E-state index >= 15 is 0 Å². The summed E-state index contributed by atoms with van der Waals surface area (Å²) in [5, 5.41) is 9.29. The first-order valence-electron chi connectivity index (χ1n) is 6.37. The van der Waals surface area contributed by atoms with Crippen molar-refractivity contribution in [2.24, 2.45) is 5.41 Å². The number of carbonyl (C=O) groups is 3. The van der Waals surface area contributed by atoms with Crippen LogP contribution in [-0.4, -0.2) is 46.5 Å². The van der Waals surface area contributed by atoms with E-state index in [1.807, 2.05) is 0 Å². The lowest BCUT2D eigenvalue weighted by atomic mass is 9.76. The Hall–Kier alpha value is -1.59. The largest absolute Gasteiger partial charge is 0.480 e. The first-order chi connectivity index (χ1) is 8.62. The standard InChI is InChI=1S/C13H21NO5/c1-5-13(10(16)17)8-14(7-6-9(13)15)11(18)19-12(2,3)4/h5-8H2,1-4H3,(H,16,17). The molecule has 0 aromatic rings. The van der Waals surface area contributed by atoms with E-state index in [2.05, 4.69) is 0 Å². The molecule has 1 saturated heterocycles. The second-order valence-electron chi connectivity index (χ2n) is 5.82. The van der Waals surface area contributed by atoms with Crippen molar-refractivity contribution in [3.8, 4) is 0 Å². The smallest absolute Gasteiger partial charge is 0.410 e. The van der Waals surface area contributed by atoms with Crippen molar-refractivity contribution in [2.45, 2.75) is 46.1 Å². The van der Waals surface area contributed by atoms with Gasteiger partial charge in [0.2, 0.25) is 0 Å². The first-order valence-corrected chi connectivity index (χ1v) is 6.37. The highest BCUT2D eigenvalue weighted by Gasteiger charge is 2.49. The fraction of sp³-hybridized carbons (Fsp3) is 0.769. The number of carboxylic acids is 1. The molecule has 0 spiro atoms. The highest BCUT2D eigenvalue weighted by Crippen LogP contribution is 2.31. The Morgan fingerprint density at radius 1 is 1.42 bits per heavy atom. The normalized spacial score (nSPS) is 24.2. The third-order valence-corrected chi connectivity index (χ3v) is 3.27. The lowest BCUT2D eigenvalue weighted by Crippen LogP contribution is -2.55. The van der Waals surface area contributed by atoms with E-state index in [0.29, 0.717) is 0 Å². The summed E-state index contributed by atoms with van der Waals surface area (Å²) in [6.45, 7) is 6.96. The van der Waals surface area contributed by atoms with Gasteiger partial charge in [0.25, 0.3) is 0 Å². The minimum absolute atomic E-state index is 0.0549. The molecule has 0 aromatic carbocycles. The summed E-state index contributed by atoms with van der Waals surface area (Å²) >= 11 is 0. The van der Waals surface area contributed by atoms with E-state index in [4.69, 9.17) is 4.74 Å². The van der Waals surface area contributed by atoms with Gasteiger partial charge in [0, 0.05) is 19.5 Å². The van der Waals surface area contributed by atoms with Crippen molar-refractivity contribution in [1.29, 1.82) is 0 Å². The van der Waals surface area contributed by atoms with Crippen molar-refractivity contribution in [3.05, 3.63) is 0 Å². The molecule has 0 radical (unpaired) electrons. The zero-order valence-electron chi connectivity index (χ0n) is 11.9. The Morgan fingerprint density at radius 2 is 2.00 bits per heavy atom. The highest BCUT2D eigenvalue weighted by atomic mass is 16.6. The topological polar surface area (TPSA) is 83.9 Å². The van der Waals surface area contributed by atoms with Crippen LogP contribution >= 0.6 is 0 Å². The molecule has 1 fully saturated rings. The van der Waals surface area contributed by atoms with Crippen molar-refractivity contribution >= 4 is 17.8 Å². The second-order valence-corrected chi connectivity index (χ2v) is 5.82. The Labute approximate surface area is 112 Å². The second kappa shape index (κ2) is 5.19. The number of amides is 1. The van der Waals surface area contributed by atoms with Crippen LogP contribution in [0.25, 0.3) is 0 Å². The van der Waals surface area contributed by atoms with E-state index in [-0.39, 0.29) is 31.7 Å². The summed E-state index contributed by atoms with van der Waals surface area (Å²) in [5.74, 6) is -1.49. The number of nitrogens with zero attached hydrogens (tertiary/aromatic N) is 1. The summed E-state index contributed by atoms with van der Waals surface area (Å²) in [6, 6.07) is 0. The predicted molar refractivity (Wildman–Crippen MR) is 67.8 cm³/mol. The number of hydrogen-bond donors (Lipinski definition) is 1. The molecule has 108 valence electrons. The molecule has 1 aliphatic rings. The summed E-state index contributed by atoms with van der Waals surface area (Å²) in [7, 11) is 0. The van der Waals surface area contributed by atoms with Crippen molar-refractivity contribution in [1.82, 2.24) is 4.90 Å². The van der Waals surface area contributed by atoms with Gasteiger partial charge in [-0.3, -0.25) is 9.59 Å². The lowest BCUT2D eigenvalue weighted by Gasteiger charge is -2.38. The van der Waals surface area contributed by atoms with E-state index in [1.165, 1.54) is 4.90 Å². The molecule has 1 amide bonds. The molecule has 1 atom stereocenters. The van der Waals surface area contributed by atoms with Crippen LogP contribution in [0.5, 0.6) is 0 Å². The quantitative estimate of drug-likeness (QED) is 0.772. The van der Waals surface area contributed by atoms with E-state index in [9.17, 15) is 19.5 Å². The molecule has 0 saturated carbocycles. The number of rotatable bonds is 2. The van der Waals surface area contributed by atoms with Gasteiger partial charge in [0.05, 0.1) is 0 Å². The van der Waals surface area contributed by atoms with Crippen LogP contribution in [0, 0.1) is 5.41 Å². The average Bonchev–Trinajstić information content (AvgIpc) is 2.27. The Morgan fingerprint density at radius 3 is 2.42 bits per heavy atom. The minimum atomic E-state index is -1.49. The van der Waals surface area contributed by atoms with E-state index < -0.39 is 23.1 Å². The van der Waals surface area contributed by atoms with Crippen LogP contribution in [0.2, 0.25) is 0 Å². The molecule has 19 heavy (non-hydrogen) atoms. The molecule has 0 bridgehead atoms. The Kier molecular flexibility index (Phi) is 4.22. The van der Waals surface area contributed by atoms with Crippen LogP contribution in [0.15, 0.2) is 0 Å². The number of ketones is 1. The van der Waals surface area contributed by atoms with Gasteiger partial charge in [-0.1, -0.05) is 6.92 Å². The van der Waals surface area contributed by atoms with Crippen molar-refractivity contribution in [3.63, 3.8) is 0 Å². The van der Waals surface area contributed by atoms with Crippen LogP contribution in [0.3, 0.4) is 0 Å². The van der Waals surface area contributed by atoms with Crippen molar-refractivity contribution in [2.75, 3.05) is 13.1 Å². The zero-order chi connectivity index (χ0) is 14.8. The maximum atomic E-state index is 11.9. The maximum Gasteiger partial charge on any atom is 0.410 e. The van der Waals surface area contributed by atoms with Crippen LogP contribution < -0.4 is 0 Å². The van der Waals surface area contributed by atoms with Crippen LogP contribution in [0.1, 0.15) is 40.5 Å². The molecule has 6 nitrogen and oxygen atoms in total. The SMILES string of the molecule is CCC1(C(=O)O)CN(C(=O)OC(C)(C)C)CCC1=O. The number of aliphatic carboxylic acids is 1. The number of carbonyl (C=O) groups excluding carboxylic acids is 2. The number of likely N-dealkylation sites (tertiary alicyclic amines) is 1. The monoisotopic (exact) mass is 271 g/mol. The fourth-order valence-electron chi connectivity index (χ4n) is 2.10. The average molecular weight is 271 g/mol. The molecule has 1 heterocycles. The summed E-state index contributed by atoms with van der Waals surface area (Å²) in [5.41, 5.74) is -2.13. The number of hydrogen-bond acceptors (Lipinski definition) is 4. The molecule has 0 aliphatic carbocycles. The maximum absolute atomic E-state index is 11.9. The number of carboxylic acid groups (broad SMARTS) is 1. The van der Waals surface area contributed by atoms with Gasteiger partial charge in [0.15, 0.2) is 5.78 Å². The van der Waals surface area contributed by atoms with Gasteiger partial charge in [-0.15, -0.1) is 0 Å². The lowest BCUT2D eigenvalue weighted by molar-refractivity contribution is -0.158. The molecule has 1 unspecified atom stereocenters. The molecule has 1 N–H and O–H groups in total. The van der Waals surface area contributed by atoms with Gasteiger partial charge in [-0.2, -0.15) is 0 Å².